The van der Waals surface area contributed by atoms with E-state index in [9.17, 15) is 0 Å². The lowest BCUT2D eigenvalue weighted by atomic mass is 10.2. The third-order valence-corrected chi connectivity index (χ3v) is 5.53. The zero-order valence-corrected chi connectivity index (χ0v) is 17.9. The summed E-state index contributed by atoms with van der Waals surface area (Å²) in [6, 6.07) is 14.3. The standard InChI is InChI=1S/C22H26N6OS/c1-2-28(17-8-4-3-5-9-17)14-15-29-20-18(10-6-11-23-20)19-16-30-22(26-19)27-21-24-12-7-13-25-21/h3-6,8-11,16H,2,7,12-15H2,1H3,(H2,24,25,26,27). The molecule has 0 saturated heterocycles. The van der Waals surface area contributed by atoms with Gasteiger partial charge in [0.25, 0.3) is 0 Å². The van der Waals surface area contributed by atoms with Crippen molar-refractivity contribution in [2.75, 3.05) is 43.0 Å². The molecule has 0 amide bonds. The van der Waals surface area contributed by atoms with Crippen molar-refractivity contribution >= 4 is 28.1 Å². The first kappa shape index (κ1) is 20.2. The van der Waals surface area contributed by atoms with Crippen LogP contribution in [0.25, 0.3) is 11.3 Å². The second-order valence-electron chi connectivity index (χ2n) is 6.79. The Morgan fingerprint density at radius 3 is 2.90 bits per heavy atom. The zero-order valence-electron chi connectivity index (χ0n) is 17.0. The van der Waals surface area contributed by atoms with Gasteiger partial charge in [0, 0.05) is 36.9 Å². The van der Waals surface area contributed by atoms with E-state index in [-0.39, 0.29) is 0 Å². The summed E-state index contributed by atoms with van der Waals surface area (Å²) in [6.45, 7) is 6.17. The predicted molar refractivity (Wildman–Crippen MR) is 124 cm³/mol. The number of aromatic nitrogens is 2. The smallest absolute Gasteiger partial charge is 0.223 e. The van der Waals surface area contributed by atoms with Crippen molar-refractivity contribution in [1.82, 2.24) is 15.3 Å². The first-order chi connectivity index (χ1) is 14.8. The van der Waals surface area contributed by atoms with Crippen LogP contribution in [0.3, 0.4) is 0 Å². The van der Waals surface area contributed by atoms with Crippen LogP contribution in [0.15, 0.2) is 59.0 Å². The second-order valence-corrected chi connectivity index (χ2v) is 7.65. The highest BCUT2D eigenvalue weighted by atomic mass is 32.1. The van der Waals surface area contributed by atoms with E-state index >= 15 is 0 Å². The van der Waals surface area contributed by atoms with E-state index in [0.717, 1.165) is 54.9 Å². The average molecular weight is 423 g/mol. The van der Waals surface area contributed by atoms with Gasteiger partial charge in [0.05, 0.1) is 17.8 Å². The number of guanidine groups is 1. The summed E-state index contributed by atoms with van der Waals surface area (Å²) in [5.41, 5.74) is 2.93. The van der Waals surface area contributed by atoms with Gasteiger partial charge in [-0.05, 0) is 37.6 Å². The summed E-state index contributed by atoms with van der Waals surface area (Å²) in [4.78, 5) is 15.9. The summed E-state index contributed by atoms with van der Waals surface area (Å²) in [7, 11) is 0. The molecule has 1 aliphatic heterocycles. The Labute approximate surface area is 180 Å². The first-order valence-electron chi connectivity index (χ1n) is 10.2. The van der Waals surface area contributed by atoms with E-state index in [1.165, 1.54) is 5.69 Å². The molecule has 0 bridgehead atoms. The van der Waals surface area contributed by atoms with Crippen LogP contribution >= 0.6 is 11.3 Å². The molecule has 2 aromatic heterocycles. The number of likely N-dealkylation sites (N-methyl/N-ethyl adjacent to an activating group) is 1. The molecule has 1 aliphatic rings. The number of nitrogens with one attached hydrogen (secondary N) is 2. The lowest BCUT2D eigenvalue weighted by molar-refractivity contribution is 0.313. The van der Waals surface area contributed by atoms with Gasteiger partial charge in [0.1, 0.15) is 6.61 Å². The summed E-state index contributed by atoms with van der Waals surface area (Å²) in [5, 5.41) is 9.31. The number of anilines is 2. The fraction of sp³-hybridized carbons (Fsp3) is 0.318. The maximum absolute atomic E-state index is 6.06. The molecule has 1 aromatic carbocycles. The molecule has 4 rings (SSSR count). The normalized spacial score (nSPS) is 13.3. The van der Waals surface area contributed by atoms with Crippen molar-refractivity contribution < 1.29 is 4.74 Å². The fourth-order valence-corrected chi connectivity index (χ4v) is 3.94. The summed E-state index contributed by atoms with van der Waals surface area (Å²) in [5.74, 6) is 1.39. The van der Waals surface area contributed by atoms with Crippen molar-refractivity contribution in [2.24, 2.45) is 4.99 Å². The number of para-hydroxylation sites is 1. The largest absolute Gasteiger partial charge is 0.475 e. The molecule has 0 radical (unpaired) electrons. The van der Waals surface area contributed by atoms with Crippen molar-refractivity contribution in [1.29, 1.82) is 0 Å². The Morgan fingerprint density at radius 2 is 2.10 bits per heavy atom. The lowest BCUT2D eigenvalue weighted by Crippen LogP contribution is -2.35. The molecular weight excluding hydrogens is 396 g/mol. The minimum atomic E-state index is 0.544. The molecule has 3 aromatic rings. The Hall–Kier alpha value is -3.13. The quantitative estimate of drug-likeness (QED) is 0.574. The molecule has 0 saturated carbocycles. The lowest BCUT2D eigenvalue weighted by Gasteiger charge is -2.23. The molecule has 0 aliphatic carbocycles. The van der Waals surface area contributed by atoms with E-state index in [0.29, 0.717) is 12.5 Å². The van der Waals surface area contributed by atoms with Crippen molar-refractivity contribution in [3.63, 3.8) is 0 Å². The Kier molecular flexibility index (Phi) is 6.76. The molecule has 3 heterocycles. The number of thiazole rings is 1. The molecule has 0 unspecified atom stereocenters. The average Bonchev–Trinajstić information content (AvgIpc) is 3.26. The highest BCUT2D eigenvalue weighted by Crippen LogP contribution is 2.30. The maximum atomic E-state index is 6.06. The highest BCUT2D eigenvalue weighted by Gasteiger charge is 2.13. The van der Waals surface area contributed by atoms with Crippen LogP contribution in [-0.4, -0.2) is 48.7 Å². The summed E-state index contributed by atoms with van der Waals surface area (Å²) in [6.07, 6.45) is 2.81. The molecule has 156 valence electrons. The molecule has 30 heavy (non-hydrogen) atoms. The number of ether oxygens (including phenoxy) is 1. The number of pyridine rings is 1. The Balaban J connectivity index is 1.41. The second kappa shape index (κ2) is 10.1. The van der Waals surface area contributed by atoms with Crippen LogP contribution in [0.5, 0.6) is 5.88 Å². The van der Waals surface area contributed by atoms with Gasteiger partial charge in [0.2, 0.25) is 5.88 Å². The molecular formula is C22H26N6OS. The minimum absolute atomic E-state index is 0.544. The van der Waals surface area contributed by atoms with Gasteiger partial charge in [-0.1, -0.05) is 18.2 Å². The SMILES string of the molecule is CCN(CCOc1ncccc1-c1csc(NC2=NCCCN2)n1)c1ccccc1. The van der Waals surface area contributed by atoms with Crippen LogP contribution in [0.1, 0.15) is 13.3 Å². The van der Waals surface area contributed by atoms with E-state index in [2.05, 4.69) is 56.7 Å². The van der Waals surface area contributed by atoms with Crippen LogP contribution in [-0.2, 0) is 0 Å². The van der Waals surface area contributed by atoms with Gasteiger partial charge in [-0.25, -0.2) is 9.97 Å². The van der Waals surface area contributed by atoms with Gasteiger partial charge < -0.3 is 20.3 Å². The molecule has 0 atom stereocenters. The van der Waals surface area contributed by atoms with Gasteiger partial charge in [-0.3, -0.25) is 4.99 Å². The van der Waals surface area contributed by atoms with Gasteiger partial charge >= 0.3 is 0 Å². The highest BCUT2D eigenvalue weighted by molar-refractivity contribution is 7.14. The molecule has 8 heteroatoms. The Bertz CT molecular complexity index is 975. The van der Waals surface area contributed by atoms with Crippen LogP contribution < -0.4 is 20.3 Å². The molecule has 0 fully saturated rings. The van der Waals surface area contributed by atoms with Crippen molar-refractivity contribution in [3.05, 3.63) is 54.0 Å². The number of rotatable bonds is 8. The zero-order chi connectivity index (χ0) is 20.6. The van der Waals surface area contributed by atoms with Crippen molar-refractivity contribution in [2.45, 2.75) is 13.3 Å². The Morgan fingerprint density at radius 1 is 1.20 bits per heavy atom. The van der Waals surface area contributed by atoms with E-state index in [4.69, 9.17) is 9.72 Å². The first-order valence-corrected chi connectivity index (χ1v) is 11.1. The third-order valence-electron chi connectivity index (χ3n) is 4.78. The molecule has 7 nitrogen and oxygen atoms in total. The van der Waals surface area contributed by atoms with E-state index in [1.807, 2.05) is 23.6 Å². The molecule has 0 spiro atoms. The van der Waals surface area contributed by atoms with Crippen LogP contribution in [0.4, 0.5) is 10.8 Å². The van der Waals surface area contributed by atoms with Gasteiger partial charge in [-0.15, -0.1) is 11.3 Å². The fourth-order valence-electron chi connectivity index (χ4n) is 3.23. The van der Waals surface area contributed by atoms with Crippen LogP contribution in [0.2, 0.25) is 0 Å². The maximum Gasteiger partial charge on any atom is 0.223 e. The topological polar surface area (TPSA) is 74.7 Å². The third kappa shape index (κ3) is 5.07. The van der Waals surface area contributed by atoms with Crippen molar-refractivity contribution in [3.8, 4) is 17.1 Å². The van der Waals surface area contributed by atoms with Crippen LogP contribution in [0, 0.1) is 0 Å². The number of aliphatic imine (C=N–C) groups is 1. The number of hydrogen-bond donors (Lipinski definition) is 2. The number of benzene rings is 1. The monoisotopic (exact) mass is 422 g/mol. The van der Waals surface area contributed by atoms with E-state index < -0.39 is 0 Å². The van der Waals surface area contributed by atoms with Gasteiger partial charge in [-0.2, -0.15) is 0 Å². The molecule has 2 N–H and O–H groups in total. The predicted octanol–water partition coefficient (Wildman–Crippen LogP) is 3.87. The summed E-state index contributed by atoms with van der Waals surface area (Å²) < 4.78 is 6.06. The van der Waals surface area contributed by atoms with Gasteiger partial charge in [0.15, 0.2) is 11.1 Å². The number of hydrogen-bond acceptors (Lipinski definition) is 8. The summed E-state index contributed by atoms with van der Waals surface area (Å²) >= 11 is 1.54. The minimum Gasteiger partial charge on any atom is -0.475 e. The number of nitrogens with zero attached hydrogens (tertiary/aromatic N) is 4. The van der Waals surface area contributed by atoms with E-state index in [1.54, 1.807) is 17.5 Å².